The van der Waals surface area contributed by atoms with Crippen LogP contribution in [-0.2, 0) is 20.8 Å². The molecule has 2 fully saturated rings. The minimum absolute atomic E-state index is 0.0112. The number of pyridine rings is 1. The van der Waals surface area contributed by atoms with Crippen molar-refractivity contribution in [2.75, 3.05) is 49.1 Å². The van der Waals surface area contributed by atoms with Gasteiger partial charge in [0.15, 0.2) is 0 Å². The van der Waals surface area contributed by atoms with Gasteiger partial charge in [-0.15, -0.1) is 0 Å². The molecule has 0 amide bonds. The molecule has 2 aliphatic heterocycles. The normalized spacial score (nSPS) is 19.6. The zero-order valence-corrected chi connectivity index (χ0v) is 21.1. The first kappa shape index (κ1) is 26.5. The summed E-state index contributed by atoms with van der Waals surface area (Å²) >= 11 is 6.34. The maximum atomic E-state index is 14.3. The zero-order chi connectivity index (χ0) is 26.3. The van der Waals surface area contributed by atoms with Gasteiger partial charge in [0.25, 0.3) is 0 Å². The smallest absolute Gasteiger partial charge is 0.421 e. The molecule has 2 aliphatic rings. The Balaban J connectivity index is 1.75. The van der Waals surface area contributed by atoms with Crippen LogP contribution in [0.3, 0.4) is 0 Å². The number of carbonyl (C=O) groups is 1. The van der Waals surface area contributed by atoms with Gasteiger partial charge in [-0.2, -0.15) is 13.2 Å². The predicted molar refractivity (Wildman–Crippen MR) is 128 cm³/mol. The summed E-state index contributed by atoms with van der Waals surface area (Å²) in [4.78, 5) is 19.2. The molecule has 1 aromatic heterocycles. The molecule has 13 heteroatoms. The summed E-state index contributed by atoms with van der Waals surface area (Å²) < 4.78 is 69.9. The van der Waals surface area contributed by atoms with Crippen LogP contribution in [0.15, 0.2) is 40.3 Å². The number of aliphatic carboxylic acids is 1. The van der Waals surface area contributed by atoms with Crippen LogP contribution in [0.4, 0.5) is 24.7 Å². The van der Waals surface area contributed by atoms with Gasteiger partial charge in [-0.3, -0.25) is 0 Å². The number of alkyl halides is 3. The van der Waals surface area contributed by atoms with Crippen molar-refractivity contribution >= 4 is 38.9 Å². The Kier molecular flexibility index (Phi) is 7.40. The summed E-state index contributed by atoms with van der Waals surface area (Å²) in [6.07, 6.45) is -3.69. The van der Waals surface area contributed by atoms with Crippen molar-refractivity contribution in [2.24, 2.45) is 0 Å². The molecule has 4 rings (SSSR count). The van der Waals surface area contributed by atoms with E-state index in [1.807, 2.05) is 4.90 Å². The van der Waals surface area contributed by atoms with Crippen LogP contribution >= 0.6 is 11.6 Å². The first-order valence-corrected chi connectivity index (χ1v) is 13.4. The van der Waals surface area contributed by atoms with Crippen LogP contribution in [0.1, 0.15) is 25.3 Å². The Morgan fingerprint density at radius 3 is 2.42 bits per heavy atom. The molecule has 0 radical (unpaired) electrons. The Morgan fingerprint density at radius 2 is 1.83 bits per heavy atom. The van der Waals surface area contributed by atoms with Gasteiger partial charge >= 0.3 is 12.1 Å². The number of benzene rings is 1. The lowest BCUT2D eigenvalue weighted by Gasteiger charge is -2.35. The quantitative estimate of drug-likeness (QED) is 0.585. The Hall–Kier alpha value is -2.57. The number of carboxylic acid groups (broad SMARTS) is 1. The Labute approximate surface area is 212 Å². The van der Waals surface area contributed by atoms with Crippen molar-refractivity contribution in [3.05, 3.63) is 41.0 Å². The van der Waals surface area contributed by atoms with E-state index in [0.29, 0.717) is 25.2 Å². The monoisotopic (exact) mass is 546 g/mol. The van der Waals surface area contributed by atoms with Gasteiger partial charge in [-0.1, -0.05) is 18.5 Å². The number of halogens is 4. The molecule has 0 saturated carbocycles. The minimum Gasteiger partial charge on any atom is -0.480 e. The standard InChI is InChI=1S/C23H26ClF3N4O4S/c1-2-29-10-12-30(13-11-29)15-5-6-18(16(24)14-15)36(34,35)19-7-8-28-21(20(19)23(25,26)27)31-9-3-4-17(31)22(32)33/h5-8,14,17H,2-4,9-13H2,1H3,(H,32,33). The van der Waals surface area contributed by atoms with Crippen LogP contribution in [0, 0.1) is 0 Å². The van der Waals surface area contributed by atoms with E-state index in [2.05, 4.69) is 16.8 Å². The van der Waals surface area contributed by atoms with Gasteiger partial charge in [0.1, 0.15) is 17.4 Å². The molecule has 36 heavy (non-hydrogen) atoms. The second kappa shape index (κ2) is 10.1. The van der Waals surface area contributed by atoms with Crippen LogP contribution < -0.4 is 9.80 Å². The molecule has 8 nitrogen and oxygen atoms in total. The van der Waals surface area contributed by atoms with Crippen LogP contribution in [0.5, 0.6) is 0 Å². The number of nitrogens with zero attached hydrogens (tertiary/aromatic N) is 4. The average molecular weight is 547 g/mol. The third-order valence-corrected chi connectivity index (χ3v) is 8.94. The van der Waals surface area contributed by atoms with E-state index in [1.54, 1.807) is 0 Å². The zero-order valence-electron chi connectivity index (χ0n) is 19.5. The fourth-order valence-electron chi connectivity index (χ4n) is 4.76. The third kappa shape index (κ3) is 4.98. The molecule has 1 unspecified atom stereocenters. The fraction of sp³-hybridized carbons (Fsp3) is 0.478. The van der Waals surface area contributed by atoms with Crippen LogP contribution in [0.25, 0.3) is 0 Å². The number of hydrogen-bond acceptors (Lipinski definition) is 7. The van der Waals surface area contributed by atoms with Gasteiger partial charge in [0, 0.05) is 44.6 Å². The highest BCUT2D eigenvalue weighted by atomic mass is 35.5. The average Bonchev–Trinajstić information content (AvgIpc) is 3.33. The van der Waals surface area contributed by atoms with Gasteiger partial charge in [0.05, 0.1) is 14.8 Å². The number of rotatable bonds is 6. The largest absolute Gasteiger partial charge is 0.480 e. The number of likely N-dealkylation sites (N-methyl/N-ethyl adjacent to an activating group) is 1. The lowest BCUT2D eigenvalue weighted by Crippen LogP contribution is -2.46. The topological polar surface area (TPSA) is 94.1 Å². The van der Waals surface area contributed by atoms with E-state index in [0.717, 1.165) is 36.8 Å². The Morgan fingerprint density at radius 1 is 1.14 bits per heavy atom. The van der Waals surface area contributed by atoms with E-state index in [-0.39, 0.29) is 18.0 Å². The molecule has 2 aromatic rings. The van der Waals surface area contributed by atoms with Crippen molar-refractivity contribution in [2.45, 2.75) is 41.8 Å². The van der Waals surface area contributed by atoms with Gasteiger partial charge in [-0.05, 0) is 43.7 Å². The number of hydrogen-bond donors (Lipinski definition) is 1. The molecule has 2 saturated heterocycles. The number of piperazine rings is 1. The highest BCUT2D eigenvalue weighted by Crippen LogP contribution is 2.44. The molecule has 196 valence electrons. The summed E-state index contributed by atoms with van der Waals surface area (Å²) in [7, 11) is -4.73. The van der Waals surface area contributed by atoms with Crippen LogP contribution in [0.2, 0.25) is 5.02 Å². The van der Waals surface area contributed by atoms with Gasteiger partial charge < -0.3 is 19.8 Å². The SMILES string of the molecule is CCN1CCN(c2ccc(S(=O)(=O)c3ccnc(N4CCCC4C(=O)O)c3C(F)(F)F)c(Cl)c2)CC1. The second-order valence-corrected chi connectivity index (χ2v) is 11.0. The van der Waals surface area contributed by atoms with Crippen LogP contribution in [-0.4, -0.2) is 74.7 Å². The van der Waals surface area contributed by atoms with E-state index >= 15 is 0 Å². The first-order chi connectivity index (χ1) is 16.9. The van der Waals surface area contributed by atoms with Crippen molar-refractivity contribution < 1.29 is 31.5 Å². The second-order valence-electron chi connectivity index (χ2n) is 8.73. The summed E-state index contributed by atoms with van der Waals surface area (Å²) in [5.41, 5.74) is -0.809. The van der Waals surface area contributed by atoms with E-state index in [9.17, 15) is 31.5 Å². The molecule has 0 spiro atoms. The van der Waals surface area contributed by atoms with Gasteiger partial charge in [-0.25, -0.2) is 18.2 Å². The molecular formula is C23H26ClF3N4O4S. The third-order valence-electron chi connectivity index (χ3n) is 6.67. The van der Waals surface area contributed by atoms with Crippen molar-refractivity contribution in [3.63, 3.8) is 0 Å². The number of anilines is 2. The predicted octanol–water partition coefficient (Wildman–Crippen LogP) is 3.78. The highest BCUT2D eigenvalue weighted by Gasteiger charge is 2.45. The lowest BCUT2D eigenvalue weighted by molar-refractivity contribution is -0.141. The molecule has 3 heterocycles. The summed E-state index contributed by atoms with van der Waals surface area (Å²) in [5, 5.41) is 9.26. The summed E-state index contributed by atoms with van der Waals surface area (Å²) in [5.74, 6) is -2.01. The van der Waals surface area contributed by atoms with Crippen molar-refractivity contribution in [1.29, 1.82) is 0 Å². The molecule has 0 aliphatic carbocycles. The highest BCUT2D eigenvalue weighted by molar-refractivity contribution is 7.91. The van der Waals surface area contributed by atoms with Gasteiger partial charge in [0.2, 0.25) is 9.84 Å². The minimum atomic E-state index is -5.11. The molecule has 1 N–H and O–H groups in total. The fourth-order valence-corrected chi connectivity index (χ4v) is 6.76. The molecular weight excluding hydrogens is 521 g/mol. The maximum absolute atomic E-state index is 14.3. The molecule has 1 atom stereocenters. The Bertz CT molecular complexity index is 1250. The molecule has 0 bridgehead atoms. The molecule has 1 aromatic carbocycles. The first-order valence-electron chi connectivity index (χ1n) is 11.5. The number of carboxylic acids is 1. The van der Waals surface area contributed by atoms with E-state index < -0.39 is 49.2 Å². The van der Waals surface area contributed by atoms with Crippen molar-refractivity contribution in [1.82, 2.24) is 9.88 Å². The lowest BCUT2D eigenvalue weighted by atomic mass is 10.2. The van der Waals surface area contributed by atoms with Crippen molar-refractivity contribution in [3.8, 4) is 0 Å². The van der Waals surface area contributed by atoms with E-state index in [1.165, 1.54) is 18.2 Å². The van der Waals surface area contributed by atoms with E-state index in [4.69, 9.17) is 11.6 Å². The number of sulfone groups is 1. The number of aromatic nitrogens is 1. The summed E-state index contributed by atoms with van der Waals surface area (Å²) in [6, 6.07) is 3.76. The summed E-state index contributed by atoms with van der Waals surface area (Å²) in [6.45, 7) is 6.08. The maximum Gasteiger partial charge on any atom is 0.421 e.